The maximum atomic E-state index is 12.3. The van der Waals surface area contributed by atoms with Gasteiger partial charge < -0.3 is 15.2 Å². The van der Waals surface area contributed by atoms with Crippen LogP contribution in [0.4, 0.5) is 0 Å². The number of aryl methyl sites for hydroxylation is 1. The Labute approximate surface area is 147 Å². The molecule has 0 spiro atoms. The molecule has 2 N–H and O–H groups in total. The van der Waals surface area contributed by atoms with Crippen LogP contribution in [-0.4, -0.2) is 29.6 Å². The zero-order valence-electron chi connectivity index (χ0n) is 14.1. The van der Waals surface area contributed by atoms with Crippen LogP contribution in [0.2, 0.25) is 5.02 Å². The van der Waals surface area contributed by atoms with Crippen molar-refractivity contribution in [3.05, 3.63) is 28.8 Å². The van der Waals surface area contributed by atoms with Crippen LogP contribution in [0.25, 0.3) is 0 Å². The van der Waals surface area contributed by atoms with Crippen LogP contribution >= 0.6 is 11.6 Å². The van der Waals surface area contributed by atoms with Gasteiger partial charge in [0.2, 0.25) is 5.91 Å². The molecule has 1 saturated carbocycles. The summed E-state index contributed by atoms with van der Waals surface area (Å²) in [7, 11) is 1.55. The molecule has 6 heteroatoms. The van der Waals surface area contributed by atoms with Gasteiger partial charge in [0.05, 0.1) is 23.6 Å². The topological polar surface area (TPSA) is 75.6 Å². The van der Waals surface area contributed by atoms with Crippen molar-refractivity contribution in [1.82, 2.24) is 5.32 Å². The quantitative estimate of drug-likeness (QED) is 0.821. The van der Waals surface area contributed by atoms with Crippen molar-refractivity contribution in [2.45, 2.75) is 51.0 Å². The monoisotopic (exact) mass is 353 g/mol. The van der Waals surface area contributed by atoms with Gasteiger partial charge in [0.25, 0.3) is 0 Å². The molecule has 1 aliphatic carbocycles. The molecule has 0 aliphatic heterocycles. The predicted octanol–water partition coefficient (Wildman–Crippen LogP) is 3.43. The van der Waals surface area contributed by atoms with Crippen molar-refractivity contribution in [2.75, 3.05) is 7.11 Å². The molecule has 5 nitrogen and oxygen atoms in total. The number of ether oxygens (including phenoxy) is 1. The van der Waals surface area contributed by atoms with Crippen LogP contribution < -0.4 is 10.1 Å². The van der Waals surface area contributed by atoms with E-state index in [0.29, 0.717) is 36.5 Å². The first-order valence-corrected chi connectivity index (χ1v) is 8.60. The molecule has 2 atom stereocenters. The molecule has 1 aromatic carbocycles. The van der Waals surface area contributed by atoms with Crippen molar-refractivity contribution >= 4 is 23.5 Å². The minimum Gasteiger partial charge on any atom is -0.495 e. The van der Waals surface area contributed by atoms with Gasteiger partial charge in [0.1, 0.15) is 5.75 Å². The summed E-state index contributed by atoms with van der Waals surface area (Å²) < 4.78 is 5.11. The van der Waals surface area contributed by atoms with Gasteiger partial charge in [-0.3, -0.25) is 9.59 Å². The molecule has 1 fully saturated rings. The number of halogens is 1. The standard InChI is InChI=1S/C18H24ClNO4/c1-18(10-4-3-5-13(18)17(22)23)20-16(21)9-7-12-6-8-15(24-2)14(19)11-12/h6,8,11,13H,3-5,7,9-10H2,1-2H3,(H,20,21)(H,22,23). The summed E-state index contributed by atoms with van der Waals surface area (Å²) in [5.41, 5.74) is 0.276. The normalized spacial score (nSPS) is 23.5. The SMILES string of the molecule is COc1ccc(CCC(=O)NC2(C)CCCCC2C(=O)O)cc1Cl. The first kappa shape index (κ1) is 18.6. The summed E-state index contributed by atoms with van der Waals surface area (Å²) in [6.45, 7) is 1.84. The molecule has 1 aliphatic rings. The molecule has 0 aromatic heterocycles. The molecule has 132 valence electrons. The van der Waals surface area contributed by atoms with E-state index in [1.807, 2.05) is 13.0 Å². The number of amides is 1. The van der Waals surface area contributed by atoms with Crippen molar-refractivity contribution in [3.63, 3.8) is 0 Å². The number of hydrogen-bond acceptors (Lipinski definition) is 3. The number of aliphatic carboxylic acids is 1. The number of benzene rings is 1. The lowest BCUT2D eigenvalue weighted by molar-refractivity contribution is -0.146. The molecule has 0 radical (unpaired) electrons. The lowest BCUT2D eigenvalue weighted by Gasteiger charge is -2.39. The molecule has 0 heterocycles. The Bertz CT molecular complexity index is 619. The average molecular weight is 354 g/mol. The molecule has 24 heavy (non-hydrogen) atoms. The fraction of sp³-hybridized carbons (Fsp3) is 0.556. The maximum absolute atomic E-state index is 12.3. The Morgan fingerprint density at radius 3 is 2.79 bits per heavy atom. The summed E-state index contributed by atoms with van der Waals surface area (Å²) in [6.07, 6.45) is 3.99. The second-order valence-corrected chi connectivity index (χ2v) is 6.98. The number of hydrogen-bond donors (Lipinski definition) is 2. The van der Waals surface area contributed by atoms with Crippen LogP contribution in [0.5, 0.6) is 5.75 Å². The molecule has 2 rings (SSSR count). The third kappa shape index (κ3) is 4.41. The third-order valence-corrected chi connectivity index (χ3v) is 5.08. The number of carboxylic acids is 1. The Balaban J connectivity index is 1.95. The highest BCUT2D eigenvalue weighted by molar-refractivity contribution is 6.32. The lowest BCUT2D eigenvalue weighted by atomic mass is 9.74. The van der Waals surface area contributed by atoms with E-state index in [9.17, 15) is 14.7 Å². The van der Waals surface area contributed by atoms with Crippen LogP contribution in [0.15, 0.2) is 18.2 Å². The van der Waals surface area contributed by atoms with E-state index in [2.05, 4.69) is 5.32 Å². The number of carbonyl (C=O) groups excluding carboxylic acids is 1. The Morgan fingerprint density at radius 2 is 2.17 bits per heavy atom. The van der Waals surface area contributed by atoms with Crippen LogP contribution in [0, 0.1) is 5.92 Å². The molecule has 2 unspecified atom stereocenters. The number of carboxylic acid groups (broad SMARTS) is 1. The van der Waals surface area contributed by atoms with Gasteiger partial charge in [-0.05, 0) is 43.9 Å². The van der Waals surface area contributed by atoms with E-state index < -0.39 is 17.4 Å². The number of nitrogens with one attached hydrogen (secondary N) is 1. The predicted molar refractivity (Wildman–Crippen MR) is 92.5 cm³/mol. The van der Waals surface area contributed by atoms with E-state index in [1.165, 1.54) is 0 Å². The highest BCUT2D eigenvalue weighted by atomic mass is 35.5. The fourth-order valence-corrected chi connectivity index (χ4v) is 3.66. The Morgan fingerprint density at radius 1 is 1.42 bits per heavy atom. The van der Waals surface area contributed by atoms with Gasteiger partial charge in [0, 0.05) is 6.42 Å². The van der Waals surface area contributed by atoms with Crippen molar-refractivity contribution < 1.29 is 19.4 Å². The molecular formula is C18H24ClNO4. The van der Waals surface area contributed by atoms with Gasteiger partial charge in [0.15, 0.2) is 0 Å². The lowest BCUT2D eigenvalue weighted by Crippen LogP contribution is -2.55. The molecule has 0 bridgehead atoms. The summed E-state index contributed by atoms with van der Waals surface area (Å²) in [5.74, 6) is -0.883. The van der Waals surface area contributed by atoms with Crippen molar-refractivity contribution in [1.29, 1.82) is 0 Å². The average Bonchev–Trinajstić information content (AvgIpc) is 2.52. The maximum Gasteiger partial charge on any atom is 0.308 e. The molecular weight excluding hydrogens is 330 g/mol. The first-order chi connectivity index (χ1) is 11.4. The zero-order chi connectivity index (χ0) is 17.7. The highest BCUT2D eigenvalue weighted by Gasteiger charge is 2.41. The Hall–Kier alpha value is -1.75. The minimum absolute atomic E-state index is 0.127. The van der Waals surface area contributed by atoms with Crippen LogP contribution in [0.3, 0.4) is 0 Å². The van der Waals surface area contributed by atoms with Gasteiger partial charge in [-0.15, -0.1) is 0 Å². The summed E-state index contributed by atoms with van der Waals surface area (Å²) in [4.78, 5) is 23.8. The summed E-state index contributed by atoms with van der Waals surface area (Å²) in [5, 5.41) is 12.9. The van der Waals surface area contributed by atoms with Crippen LogP contribution in [-0.2, 0) is 16.0 Å². The van der Waals surface area contributed by atoms with Crippen molar-refractivity contribution in [2.24, 2.45) is 5.92 Å². The van der Waals surface area contributed by atoms with Crippen molar-refractivity contribution in [3.8, 4) is 5.75 Å². The zero-order valence-corrected chi connectivity index (χ0v) is 14.9. The second-order valence-electron chi connectivity index (χ2n) is 6.57. The van der Waals surface area contributed by atoms with Gasteiger partial charge in [-0.1, -0.05) is 30.5 Å². The van der Waals surface area contributed by atoms with Crippen LogP contribution in [0.1, 0.15) is 44.6 Å². The smallest absolute Gasteiger partial charge is 0.308 e. The second kappa shape index (κ2) is 7.88. The minimum atomic E-state index is -0.834. The number of methoxy groups -OCH3 is 1. The third-order valence-electron chi connectivity index (χ3n) is 4.79. The first-order valence-electron chi connectivity index (χ1n) is 8.22. The number of carbonyl (C=O) groups is 2. The van der Waals surface area contributed by atoms with E-state index in [-0.39, 0.29) is 5.91 Å². The fourth-order valence-electron chi connectivity index (χ4n) is 3.38. The summed E-state index contributed by atoms with van der Waals surface area (Å²) in [6, 6.07) is 5.44. The van der Waals surface area contributed by atoms with E-state index >= 15 is 0 Å². The largest absolute Gasteiger partial charge is 0.495 e. The van der Waals surface area contributed by atoms with Gasteiger partial charge >= 0.3 is 5.97 Å². The molecule has 1 amide bonds. The van der Waals surface area contributed by atoms with E-state index in [4.69, 9.17) is 16.3 Å². The Kier molecular flexibility index (Phi) is 6.10. The van der Waals surface area contributed by atoms with E-state index in [1.54, 1.807) is 19.2 Å². The molecule has 0 saturated heterocycles. The number of rotatable bonds is 6. The van der Waals surface area contributed by atoms with Gasteiger partial charge in [-0.25, -0.2) is 0 Å². The van der Waals surface area contributed by atoms with E-state index in [0.717, 1.165) is 18.4 Å². The molecule has 1 aromatic rings. The highest BCUT2D eigenvalue weighted by Crippen LogP contribution is 2.34. The van der Waals surface area contributed by atoms with Gasteiger partial charge in [-0.2, -0.15) is 0 Å². The summed E-state index contributed by atoms with van der Waals surface area (Å²) >= 11 is 6.09.